The molecule has 0 saturated heterocycles. The van der Waals surface area contributed by atoms with Crippen molar-refractivity contribution < 1.29 is 23.8 Å². The molecule has 0 fully saturated rings. The maximum atomic E-state index is 12.5. The molecule has 0 aliphatic rings. The minimum atomic E-state index is -0.426. The van der Waals surface area contributed by atoms with Crippen molar-refractivity contribution >= 4 is 46.9 Å². The molecule has 0 aromatic heterocycles. The van der Waals surface area contributed by atoms with Gasteiger partial charge in [-0.3, -0.25) is 9.59 Å². The molecule has 3 aromatic carbocycles. The molecule has 198 valence electrons. The van der Waals surface area contributed by atoms with E-state index >= 15 is 0 Å². The van der Waals surface area contributed by atoms with Gasteiger partial charge in [-0.2, -0.15) is 5.10 Å². The minimum absolute atomic E-state index is 0.240. The highest BCUT2D eigenvalue weighted by molar-refractivity contribution is 6.32. The SMILES string of the molecule is C=CCOc1ccc(C(=O)N/N=C/c2ccc(OCC(=O)Nc3ccc(C)c(Cl)c3)c(Cl)c2)cc1OCC. The van der Waals surface area contributed by atoms with Crippen molar-refractivity contribution in [3.63, 3.8) is 0 Å². The van der Waals surface area contributed by atoms with Crippen LogP contribution >= 0.6 is 23.2 Å². The van der Waals surface area contributed by atoms with Gasteiger partial charge in [-0.1, -0.05) is 41.9 Å². The van der Waals surface area contributed by atoms with Crippen molar-refractivity contribution in [3.8, 4) is 17.2 Å². The van der Waals surface area contributed by atoms with Gasteiger partial charge in [0.05, 0.1) is 17.8 Å². The van der Waals surface area contributed by atoms with E-state index in [1.54, 1.807) is 54.6 Å². The number of nitrogens with zero attached hydrogens (tertiary/aromatic N) is 1. The van der Waals surface area contributed by atoms with Crippen molar-refractivity contribution in [1.29, 1.82) is 0 Å². The van der Waals surface area contributed by atoms with Crippen LogP contribution < -0.4 is 25.0 Å². The van der Waals surface area contributed by atoms with E-state index in [9.17, 15) is 9.59 Å². The number of amides is 2. The fourth-order valence-corrected chi connectivity index (χ4v) is 3.57. The summed E-state index contributed by atoms with van der Waals surface area (Å²) in [6, 6.07) is 15.0. The Morgan fingerprint density at radius 3 is 2.45 bits per heavy atom. The van der Waals surface area contributed by atoms with Crippen molar-refractivity contribution in [2.24, 2.45) is 5.10 Å². The van der Waals surface area contributed by atoms with Crippen LogP contribution in [0.15, 0.2) is 72.4 Å². The van der Waals surface area contributed by atoms with Gasteiger partial charge < -0.3 is 19.5 Å². The van der Waals surface area contributed by atoms with Crippen LogP contribution in [0.3, 0.4) is 0 Å². The number of carbonyl (C=O) groups is 2. The van der Waals surface area contributed by atoms with E-state index in [-0.39, 0.29) is 17.5 Å². The summed E-state index contributed by atoms with van der Waals surface area (Å²) in [7, 11) is 0. The number of hydrogen-bond donors (Lipinski definition) is 2. The number of carbonyl (C=O) groups excluding carboxylic acids is 2. The molecule has 10 heteroatoms. The fraction of sp³-hybridized carbons (Fsp3) is 0.179. The summed E-state index contributed by atoms with van der Waals surface area (Å²) in [6.07, 6.45) is 3.06. The van der Waals surface area contributed by atoms with Crippen molar-refractivity contribution in [2.75, 3.05) is 25.1 Å². The van der Waals surface area contributed by atoms with Gasteiger partial charge in [-0.05, 0) is 73.5 Å². The first-order chi connectivity index (χ1) is 18.3. The van der Waals surface area contributed by atoms with E-state index in [2.05, 4.69) is 22.4 Å². The summed E-state index contributed by atoms with van der Waals surface area (Å²) in [5, 5.41) is 7.54. The number of nitrogens with one attached hydrogen (secondary N) is 2. The first kappa shape index (κ1) is 28.6. The third kappa shape index (κ3) is 8.26. The highest BCUT2D eigenvalue weighted by atomic mass is 35.5. The van der Waals surface area contributed by atoms with Crippen LogP contribution in [0.2, 0.25) is 10.0 Å². The molecule has 8 nitrogen and oxygen atoms in total. The van der Waals surface area contributed by atoms with E-state index in [1.807, 2.05) is 19.9 Å². The minimum Gasteiger partial charge on any atom is -0.490 e. The Morgan fingerprint density at radius 1 is 0.947 bits per heavy atom. The molecule has 2 N–H and O–H groups in total. The topological polar surface area (TPSA) is 98.3 Å². The summed E-state index contributed by atoms with van der Waals surface area (Å²) in [6.45, 7) is 7.83. The van der Waals surface area contributed by atoms with Gasteiger partial charge in [0.2, 0.25) is 0 Å². The number of aryl methyl sites for hydroxylation is 1. The summed E-state index contributed by atoms with van der Waals surface area (Å²) in [4.78, 5) is 24.7. The standard InChI is InChI=1S/C28H27Cl2N3O5/c1-4-12-37-25-11-8-20(14-26(25)36-5-2)28(35)33-31-16-19-7-10-24(23(30)13-19)38-17-27(34)32-21-9-6-18(3)22(29)15-21/h4,6-11,13-16H,1,5,12,17H2,2-3H3,(H,32,34)(H,33,35)/b31-16+. The van der Waals surface area contributed by atoms with E-state index in [0.29, 0.717) is 52.3 Å². The number of hydrogen-bond acceptors (Lipinski definition) is 6. The van der Waals surface area contributed by atoms with E-state index in [1.165, 1.54) is 6.21 Å². The average Bonchev–Trinajstić information content (AvgIpc) is 2.89. The van der Waals surface area contributed by atoms with Crippen LogP contribution in [0.4, 0.5) is 5.69 Å². The van der Waals surface area contributed by atoms with Gasteiger partial charge in [0.15, 0.2) is 18.1 Å². The van der Waals surface area contributed by atoms with Gasteiger partial charge in [0.25, 0.3) is 11.8 Å². The predicted molar refractivity (Wildman–Crippen MR) is 150 cm³/mol. The lowest BCUT2D eigenvalue weighted by molar-refractivity contribution is -0.118. The van der Waals surface area contributed by atoms with E-state index < -0.39 is 5.91 Å². The molecule has 0 atom stereocenters. The van der Waals surface area contributed by atoms with Crippen molar-refractivity contribution in [3.05, 3.63) is 94.0 Å². The largest absolute Gasteiger partial charge is 0.490 e. The number of ether oxygens (including phenoxy) is 3. The molecule has 0 unspecified atom stereocenters. The summed E-state index contributed by atoms with van der Waals surface area (Å²) < 4.78 is 16.6. The molecule has 3 aromatic rings. The second kappa shape index (κ2) is 14.1. The maximum Gasteiger partial charge on any atom is 0.271 e. The second-order valence-corrected chi connectivity index (χ2v) is 8.70. The molecular formula is C28H27Cl2N3O5. The molecule has 0 spiro atoms. The van der Waals surface area contributed by atoms with Gasteiger partial charge >= 0.3 is 0 Å². The third-order valence-corrected chi connectivity index (χ3v) is 5.72. The van der Waals surface area contributed by atoms with Gasteiger partial charge in [-0.15, -0.1) is 0 Å². The zero-order valence-electron chi connectivity index (χ0n) is 20.9. The van der Waals surface area contributed by atoms with Crippen LogP contribution in [0, 0.1) is 6.92 Å². The van der Waals surface area contributed by atoms with Gasteiger partial charge in [0.1, 0.15) is 12.4 Å². The zero-order chi connectivity index (χ0) is 27.5. The Morgan fingerprint density at radius 2 is 1.74 bits per heavy atom. The number of hydrazone groups is 1. The molecule has 0 saturated carbocycles. The van der Waals surface area contributed by atoms with Crippen LogP contribution in [0.25, 0.3) is 0 Å². The zero-order valence-corrected chi connectivity index (χ0v) is 22.4. The number of halogens is 2. The monoisotopic (exact) mass is 555 g/mol. The molecule has 0 aliphatic heterocycles. The van der Waals surface area contributed by atoms with E-state index in [4.69, 9.17) is 37.4 Å². The normalized spacial score (nSPS) is 10.6. The van der Waals surface area contributed by atoms with E-state index in [0.717, 1.165) is 5.56 Å². The van der Waals surface area contributed by atoms with Crippen LogP contribution in [0.1, 0.15) is 28.4 Å². The molecule has 3 rings (SSSR count). The van der Waals surface area contributed by atoms with Crippen molar-refractivity contribution in [2.45, 2.75) is 13.8 Å². The molecule has 0 heterocycles. The number of rotatable bonds is 12. The molecule has 38 heavy (non-hydrogen) atoms. The number of benzene rings is 3. The summed E-state index contributed by atoms with van der Waals surface area (Å²) in [5.41, 5.74) is 4.91. The average molecular weight is 556 g/mol. The molecule has 0 aliphatic carbocycles. The smallest absolute Gasteiger partial charge is 0.271 e. The molecule has 2 amide bonds. The van der Waals surface area contributed by atoms with Crippen molar-refractivity contribution in [1.82, 2.24) is 5.43 Å². The highest BCUT2D eigenvalue weighted by Crippen LogP contribution is 2.29. The Hall–Kier alpha value is -4.01. The van der Waals surface area contributed by atoms with Gasteiger partial charge in [-0.25, -0.2) is 5.43 Å². The lowest BCUT2D eigenvalue weighted by atomic mass is 10.2. The quantitative estimate of drug-likeness (QED) is 0.161. The molecule has 0 radical (unpaired) electrons. The first-order valence-electron chi connectivity index (χ1n) is 11.6. The fourth-order valence-electron chi connectivity index (χ4n) is 3.14. The Kier molecular flexibility index (Phi) is 10.6. The van der Waals surface area contributed by atoms with Crippen LogP contribution in [-0.2, 0) is 4.79 Å². The molecule has 0 bridgehead atoms. The summed E-state index contributed by atoms with van der Waals surface area (Å²) in [5.74, 6) is 0.504. The number of anilines is 1. The molecular weight excluding hydrogens is 529 g/mol. The lowest BCUT2D eigenvalue weighted by Crippen LogP contribution is -2.20. The Bertz CT molecular complexity index is 1340. The lowest BCUT2D eigenvalue weighted by Gasteiger charge is -2.12. The predicted octanol–water partition coefficient (Wildman–Crippen LogP) is 6.05. The van der Waals surface area contributed by atoms with Crippen LogP contribution in [0.5, 0.6) is 17.2 Å². The highest BCUT2D eigenvalue weighted by Gasteiger charge is 2.12. The maximum absolute atomic E-state index is 12.5. The Labute approximate surface area is 231 Å². The third-order valence-electron chi connectivity index (χ3n) is 5.01. The summed E-state index contributed by atoms with van der Waals surface area (Å²) >= 11 is 12.4. The van der Waals surface area contributed by atoms with Gasteiger partial charge in [0, 0.05) is 16.3 Å². The van der Waals surface area contributed by atoms with Crippen LogP contribution in [-0.4, -0.2) is 37.8 Å². The first-order valence-corrected chi connectivity index (χ1v) is 12.4. The second-order valence-electron chi connectivity index (χ2n) is 7.88. The Balaban J connectivity index is 1.55.